The van der Waals surface area contributed by atoms with Crippen LogP contribution in [-0.4, -0.2) is 17.9 Å². The molecule has 0 spiro atoms. The second kappa shape index (κ2) is 8.86. The molecule has 0 fully saturated rings. The van der Waals surface area contributed by atoms with E-state index in [1.807, 2.05) is 54.6 Å². The van der Waals surface area contributed by atoms with Crippen LogP contribution in [0.4, 0.5) is 0 Å². The van der Waals surface area contributed by atoms with Crippen molar-refractivity contribution < 1.29 is 14.3 Å². The average Bonchev–Trinajstić information content (AvgIpc) is 2.73. The highest BCUT2D eigenvalue weighted by Gasteiger charge is 2.14. The monoisotopic (exact) mass is 374 g/mol. The summed E-state index contributed by atoms with van der Waals surface area (Å²) in [6, 6.07) is 24.5. The summed E-state index contributed by atoms with van der Waals surface area (Å²) in [4.78, 5) is 23.4. The summed E-state index contributed by atoms with van der Waals surface area (Å²) < 4.78 is 5.73. The fraction of sp³-hybridized carbons (Fsp3) is 0.130. The molecule has 0 saturated heterocycles. The predicted octanol–water partition coefficient (Wildman–Crippen LogP) is 3.54. The van der Waals surface area contributed by atoms with E-state index in [2.05, 4.69) is 5.32 Å². The Labute approximate surface area is 164 Å². The van der Waals surface area contributed by atoms with Crippen LogP contribution in [0.1, 0.15) is 22.8 Å². The molecule has 3 aromatic rings. The topological polar surface area (TPSA) is 81.4 Å². The van der Waals surface area contributed by atoms with Crippen LogP contribution in [-0.2, 0) is 11.3 Å². The van der Waals surface area contributed by atoms with Crippen molar-refractivity contribution in [2.75, 3.05) is 0 Å². The van der Waals surface area contributed by atoms with Gasteiger partial charge in [-0.2, -0.15) is 0 Å². The molecular weight excluding hydrogens is 352 g/mol. The Balaban J connectivity index is 1.53. The maximum Gasteiger partial charge on any atom is 0.261 e. The number of nitrogens with one attached hydrogen (secondary N) is 1. The number of hydrogen-bond acceptors (Lipinski definition) is 3. The quantitative estimate of drug-likeness (QED) is 0.664. The van der Waals surface area contributed by atoms with Gasteiger partial charge in [0, 0.05) is 12.1 Å². The number of rotatable bonds is 7. The highest BCUT2D eigenvalue weighted by molar-refractivity contribution is 5.92. The molecule has 5 heteroatoms. The second-order valence-corrected chi connectivity index (χ2v) is 6.43. The van der Waals surface area contributed by atoms with Gasteiger partial charge in [0.05, 0.1) is 0 Å². The Kier molecular flexibility index (Phi) is 6.07. The van der Waals surface area contributed by atoms with Crippen molar-refractivity contribution in [1.29, 1.82) is 0 Å². The SMILES string of the molecule is C[C@@H](Oc1ccc(-c2ccccc2)cc1)C(=O)NCc1ccc(C(N)=O)cc1. The van der Waals surface area contributed by atoms with E-state index in [9.17, 15) is 9.59 Å². The van der Waals surface area contributed by atoms with Crippen molar-refractivity contribution in [3.63, 3.8) is 0 Å². The molecule has 0 bridgehead atoms. The molecule has 142 valence electrons. The lowest BCUT2D eigenvalue weighted by atomic mass is 10.1. The first kappa shape index (κ1) is 19.2. The van der Waals surface area contributed by atoms with Gasteiger partial charge in [0.2, 0.25) is 5.91 Å². The van der Waals surface area contributed by atoms with Crippen LogP contribution in [0.5, 0.6) is 5.75 Å². The number of carbonyl (C=O) groups is 2. The third-order valence-corrected chi connectivity index (χ3v) is 4.35. The summed E-state index contributed by atoms with van der Waals surface area (Å²) in [5, 5.41) is 2.82. The van der Waals surface area contributed by atoms with Gasteiger partial charge in [0.1, 0.15) is 5.75 Å². The summed E-state index contributed by atoms with van der Waals surface area (Å²) in [5.41, 5.74) is 8.74. The molecule has 0 saturated carbocycles. The standard InChI is InChI=1S/C23H22N2O3/c1-16(23(27)25-15-17-7-9-20(10-8-17)22(24)26)28-21-13-11-19(12-14-21)18-5-3-2-4-6-18/h2-14,16H,15H2,1H3,(H2,24,26)(H,25,27)/t16-/m1/s1. The van der Waals surface area contributed by atoms with Crippen molar-refractivity contribution >= 4 is 11.8 Å². The first-order chi connectivity index (χ1) is 13.5. The molecule has 3 N–H and O–H groups in total. The number of benzene rings is 3. The molecule has 3 aromatic carbocycles. The normalized spacial score (nSPS) is 11.5. The maximum atomic E-state index is 12.3. The number of carbonyl (C=O) groups excluding carboxylic acids is 2. The fourth-order valence-corrected chi connectivity index (χ4v) is 2.73. The number of primary amides is 1. The zero-order valence-corrected chi connectivity index (χ0v) is 15.6. The van der Waals surface area contributed by atoms with E-state index < -0.39 is 12.0 Å². The van der Waals surface area contributed by atoms with Gasteiger partial charge in [0.15, 0.2) is 6.10 Å². The molecule has 28 heavy (non-hydrogen) atoms. The number of hydrogen-bond donors (Lipinski definition) is 2. The van der Waals surface area contributed by atoms with Crippen LogP contribution < -0.4 is 15.8 Å². The number of ether oxygens (including phenoxy) is 1. The van der Waals surface area contributed by atoms with Gasteiger partial charge >= 0.3 is 0 Å². The molecule has 5 nitrogen and oxygen atoms in total. The van der Waals surface area contributed by atoms with Crippen molar-refractivity contribution in [1.82, 2.24) is 5.32 Å². The van der Waals surface area contributed by atoms with Gasteiger partial charge in [-0.3, -0.25) is 9.59 Å². The van der Waals surface area contributed by atoms with Crippen LogP contribution in [0.3, 0.4) is 0 Å². The van der Waals surface area contributed by atoms with E-state index in [1.165, 1.54) is 0 Å². The maximum absolute atomic E-state index is 12.3. The van der Waals surface area contributed by atoms with Gasteiger partial charge < -0.3 is 15.8 Å². The summed E-state index contributed by atoms with van der Waals surface area (Å²) >= 11 is 0. The van der Waals surface area contributed by atoms with Crippen LogP contribution in [0.2, 0.25) is 0 Å². The lowest BCUT2D eigenvalue weighted by molar-refractivity contribution is -0.127. The molecule has 0 aromatic heterocycles. The third-order valence-electron chi connectivity index (χ3n) is 4.35. The van der Waals surface area contributed by atoms with Crippen LogP contribution in [0, 0.1) is 0 Å². The molecule has 1 atom stereocenters. The van der Waals surface area contributed by atoms with Crippen molar-refractivity contribution in [3.8, 4) is 16.9 Å². The minimum Gasteiger partial charge on any atom is -0.481 e. The van der Waals surface area contributed by atoms with Gasteiger partial charge in [-0.25, -0.2) is 0 Å². The highest BCUT2D eigenvalue weighted by Crippen LogP contribution is 2.22. The average molecular weight is 374 g/mol. The Morgan fingerprint density at radius 2 is 1.50 bits per heavy atom. The van der Waals surface area contributed by atoms with Crippen LogP contribution >= 0.6 is 0 Å². The minimum absolute atomic E-state index is 0.217. The predicted molar refractivity (Wildman–Crippen MR) is 109 cm³/mol. The molecule has 0 heterocycles. The van der Waals surface area contributed by atoms with Crippen molar-refractivity contribution in [2.45, 2.75) is 19.6 Å². The van der Waals surface area contributed by atoms with Crippen LogP contribution in [0.15, 0.2) is 78.9 Å². The largest absolute Gasteiger partial charge is 0.481 e. The van der Waals surface area contributed by atoms with E-state index >= 15 is 0 Å². The van der Waals surface area contributed by atoms with Crippen molar-refractivity contribution in [2.24, 2.45) is 5.73 Å². The van der Waals surface area contributed by atoms with E-state index in [0.717, 1.165) is 16.7 Å². The molecule has 0 aliphatic rings. The van der Waals surface area contributed by atoms with Crippen molar-refractivity contribution in [3.05, 3.63) is 90.0 Å². The molecule has 0 unspecified atom stereocenters. The van der Waals surface area contributed by atoms with Gasteiger partial charge in [0.25, 0.3) is 5.91 Å². The third kappa shape index (κ3) is 4.98. The van der Waals surface area contributed by atoms with Gasteiger partial charge in [-0.05, 0) is 47.9 Å². The number of nitrogens with two attached hydrogens (primary N) is 1. The summed E-state index contributed by atoms with van der Waals surface area (Å²) in [6.45, 7) is 2.05. The zero-order valence-electron chi connectivity index (χ0n) is 15.6. The highest BCUT2D eigenvalue weighted by atomic mass is 16.5. The fourth-order valence-electron chi connectivity index (χ4n) is 2.73. The first-order valence-electron chi connectivity index (χ1n) is 9.01. The Bertz CT molecular complexity index is 936. The van der Waals surface area contributed by atoms with Crippen LogP contribution in [0.25, 0.3) is 11.1 Å². The molecule has 0 aliphatic carbocycles. The van der Waals surface area contributed by atoms with E-state index in [-0.39, 0.29) is 5.91 Å². The second-order valence-electron chi connectivity index (χ2n) is 6.43. The van der Waals surface area contributed by atoms with E-state index in [0.29, 0.717) is 17.9 Å². The first-order valence-corrected chi connectivity index (χ1v) is 9.01. The summed E-state index contributed by atoms with van der Waals surface area (Å²) in [6.07, 6.45) is -0.632. The minimum atomic E-state index is -0.632. The van der Waals surface area contributed by atoms with Gasteiger partial charge in [-0.15, -0.1) is 0 Å². The smallest absolute Gasteiger partial charge is 0.261 e. The zero-order chi connectivity index (χ0) is 19.9. The molecule has 0 radical (unpaired) electrons. The lowest BCUT2D eigenvalue weighted by Gasteiger charge is -2.15. The lowest BCUT2D eigenvalue weighted by Crippen LogP contribution is -2.35. The molecule has 3 rings (SSSR count). The Morgan fingerprint density at radius 3 is 2.11 bits per heavy atom. The Hall–Kier alpha value is -3.60. The van der Waals surface area contributed by atoms with E-state index in [1.54, 1.807) is 31.2 Å². The molecule has 0 aliphatic heterocycles. The van der Waals surface area contributed by atoms with Gasteiger partial charge in [-0.1, -0.05) is 54.6 Å². The summed E-state index contributed by atoms with van der Waals surface area (Å²) in [7, 11) is 0. The molecule has 2 amide bonds. The Morgan fingerprint density at radius 1 is 0.893 bits per heavy atom. The summed E-state index contributed by atoms with van der Waals surface area (Å²) in [5.74, 6) is -0.0600. The number of amides is 2. The van der Waals surface area contributed by atoms with E-state index in [4.69, 9.17) is 10.5 Å². The molecular formula is C23H22N2O3.